The Balaban J connectivity index is 1.15. The Morgan fingerprint density at radius 1 is 0.756 bits per heavy atom. The van der Waals surface area contributed by atoms with E-state index in [1.54, 1.807) is 0 Å². The van der Waals surface area contributed by atoms with Crippen LogP contribution in [0.25, 0.3) is 0 Å². The summed E-state index contributed by atoms with van der Waals surface area (Å²) in [5, 5.41) is 34.3. The molecule has 3 aliphatic heterocycles. The summed E-state index contributed by atoms with van der Waals surface area (Å²) in [6, 6.07) is 0. The van der Waals surface area contributed by atoms with Gasteiger partial charge in [0.05, 0.1) is 42.3 Å². The maximum absolute atomic E-state index is 11.6. The Morgan fingerprint density at radius 3 is 1.80 bits per heavy atom. The third-order valence-electron chi connectivity index (χ3n) is 10.1. The molecule has 3 heterocycles. The highest BCUT2D eigenvalue weighted by Crippen LogP contribution is 2.34. The lowest BCUT2D eigenvalue weighted by atomic mass is 10.00. The topological polar surface area (TPSA) is 118 Å². The third-order valence-corrected chi connectivity index (χ3v) is 10.1. The summed E-state index contributed by atoms with van der Waals surface area (Å²) >= 11 is 0. The van der Waals surface area contributed by atoms with Gasteiger partial charge in [0.2, 0.25) is 0 Å². The quantitative estimate of drug-likeness (QED) is 0.0303. The largest absolute Gasteiger partial charge is 0.455 e. The number of aliphatic hydroxyl groups excluding tert-OH is 2. The van der Waals surface area contributed by atoms with E-state index in [4.69, 9.17) is 14.2 Å². The Kier molecular flexibility index (Phi) is 18.7. The van der Waals surface area contributed by atoms with E-state index in [0.29, 0.717) is 6.42 Å². The molecule has 0 aromatic rings. The number of rotatable bonds is 25. The number of nitrogens with zero attached hydrogens (tertiary/aromatic N) is 1. The summed E-state index contributed by atoms with van der Waals surface area (Å²) in [5.74, 6) is -0.125. The molecule has 260 valence electrons. The van der Waals surface area contributed by atoms with E-state index in [1.807, 2.05) is 13.0 Å². The van der Waals surface area contributed by atoms with Crippen molar-refractivity contribution >= 4 is 11.7 Å². The van der Waals surface area contributed by atoms with Crippen LogP contribution in [0.15, 0.2) is 16.8 Å². The molecule has 45 heavy (non-hydrogen) atoms. The SMILES string of the molecule is CCCCCC/C(CCC[C@H](O)[C@H]1CC[C@H]([C@H]2CC[C@H]([C@H](O)CCCCCCCCCCCCC3=C[C@H](C)OC3=O)O2)O1)=N/O. The van der Waals surface area contributed by atoms with E-state index in [2.05, 4.69) is 12.1 Å². The van der Waals surface area contributed by atoms with Crippen molar-refractivity contribution in [3.05, 3.63) is 11.6 Å². The van der Waals surface area contributed by atoms with Crippen LogP contribution >= 0.6 is 0 Å². The van der Waals surface area contributed by atoms with E-state index < -0.39 is 12.2 Å². The van der Waals surface area contributed by atoms with E-state index >= 15 is 0 Å². The van der Waals surface area contributed by atoms with Crippen LogP contribution in [0.5, 0.6) is 0 Å². The van der Waals surface area contributed by atoms with Crippen LogP contribution in [0, 0.1) is 0 Å². The minimum Gasteiger partial charge on any atom is -0.455 e. The van der Waals surface area contributed by atoms with Gasteiger partial charge in [-0.05, 0) is 90.0 Å². The molecule has 2 saturated heterocycles. The Bertz CT molecular complexity index is 877. The molecule has 8 heteroatoms. The fourth-order valence-corrected chi connectivity index (χ4v) is 7.26. The van der Waals surface area contributed by atoms with Crippen LogP contribution in [0.2, 0.25) is 0 Å². The molecule has 0 aromatic carbocycles. The number of unbranched alkanes of at least 4 members (excludes halogenated alkanes) is 12. The van der Waals surface area contributed by atoms with Gasteiger partial charge in [0.1, 0.15) is 6.10 Å². The van der Waals surface area contributed by atoms with Crippen molar-refractivity contribution in [2.24, 2.45) is 5.16 Å². The zero-order chi connectivity index (χ0) is 32.3. The molecule has 0 unspecified atom stereocenters. The first-order chi connectivity index (χ1) is 21.9. The number of carbonyl (C=O) groups excluding carboxylic acids is 1. The van der Waals surface area contributed by atoms with E-state index in [1.165, 1.54) is 64.2 Å². The van der Waals surface area contributed by atoms with Crippen molar-refractivity contribution in [2.45, 2.75) is 211 Å². The number of carbonyl (C=O) groups is 1. The lowest BCUT2D eigenvalue weighted by Crippen LogP contribution is -2.33. The van der Waals surface area contributed by atoms with E-state index in [-0.39, 0.29) is 36.5 Å². The van der Waals surface area contributed by atoms with Gasteiger partial charge in [-0.15, -0.1) is 0 Å². The summed E-state index contributed by atoms with van der Waals surface area (Å²) < 4.78 is 17.7. The maximum atomic E-state index is 11.6. The molecular weight excluding hydrogens is 570 g/mol. The van der Waals surface area contributed by atoms with Crippen LogP contribution in [0.4, 0.5) is 0 Å². The highest BCUT2D eigenvalue weighted by atomic mass is 16.6. The molecule has 2 fully saturated rings. The number of oxime groups is 1. The van der Waals surface area contributed by atoms with E-state index in [0.717, 1.165) is 94.8 Å². The van der Waals surface area contributed by atoms with Gasteiger partial charge in [0.25, 0.3) is 0 Å². The fraction of sp³-hybridized carbons (Fsp3) is 0.892. The van der Waals surface area contributed by atoms with Crippen molar-refractivity contribution in [3.63, 3.8) is 0 Å². The number of hydrogen-bond acceptors (Lipinski definition) is 8. The zero-order valence-electron chi connectivity index (χ0n) is 28.5. The summed E-state index contributed by atoms with van der Waals surface area (Å²) in [4.78, 5) is 11.6. The molecule has 0 aromatic heterocycles. The van der Waals surface area contributed by atoms with Crippen LogP contribution in [-0.4, -0.2) is 69.8 Å². The van der Waals surface area contributed by atoms with Gasteiger partial charge >= 0.3 is 5.97 Å². The van der Waals surface area contributed by atoms with Gasteiger partial charge in [0, 0.05) is 5.57 Å². The lowest BCUT2D eigenvalue weighted by Gasteiger charge is -2.24. The molecule has 0 radical (unpaired) electrons. The minimum atomic E-state index is -0.504. The van der Waals surface area contributed by atoms with Crippen molar-refractivity contribution in [3.8, 4) is 0 Å². The van der Waals surface area contributed by atoms with Crippen molar-refractivity contribution in [1.29, 1.82) is 0 Å². The average molecular weight is 636 g/mol. The first-order valence-electron chi connectivity index (χ1n) is 18.7. The summed E-state index contributed by atoms with van der Waals surface area (Å²) in [6.07, 6.45) is 25.5. The number of cyclic esters (lactones) is 1. The van der Waals surface area contributed by atoms with Crippen LogP contribution in [-0.2, 0) is 19.0 Å². The Hall–Kier alpha value is -1.48. The molecule has 0 amide bonds. The van der Waals surface area contributed by atoms with E-state index in [9.17, 15) is 20.2 Å². The van der Waals surface area contributed by atoms with Crippen LogP contribution in [0.3, 0.4) is 0 Å². The number of aliphatic hydroxyl groups is 2. The molecule has 0 bridgehead atoms. The van der Waals surface area contributed by atoms with Crippen molar-refractivity contribution in [1.82, 2.24) is 0 Å². The zero-order valence-corrected chi connectivity index (χ0v) is 28.5. The van der Waals surface area contributed by atoms with Gasteiger partial charge in [-0.25, -0.2) is 4.79 Å². The molecule has 3 rings (SSSR count). The molecule has 0 saturated carbocycles. The molecule has 0 aliphatic carbocycles. The monoisotopic (exact) mass is 635 g/mol. The predicted octanol–water partition coefficient (Wildman–Crippen LogP) is 8.33. The summed E-state index contributed by atoms with van der Waals surface area (Å²) in [7, 11) is 0. The summed E-state index contributed by atoms with van der Waals surface area (Å²) in [6.45, 7) is 4.10. The minimum absolute atomic E-state index is 0.00212. The molecule has 7 atom stereocenters. The Morgan fingerprint density at radius 2 is 1.27 bits per heavy atom. The van der Waals surface area contributed by atoms with Crippen LogP contribution in [0.1, 0.15) is 168 Å². The predicted molar refractivity (Wildman–Crippen MR) is 179 cm³/mol. The normalized spacial score (nSPS) is 26.8. The molecular formula is C37H65NO7. The van der Waals surface area contributed by atoms with Gasteiger partial charge in [-0.1, -0.05) is 89.1 Å². The fourth-order valence-electron chi connectivity index (χ4n) is 7.26. The summed E-state index contributed by atoms with van der Waals surface area (Å²) in [5.41, 5.74) is 1.70. The first-order valence-corrected chi connectivity index (χ1v) is 18.7. The van der Waals surface area contributed by atoms with Gasteiger partial charge in [0.15, 0.2) is 0 Å². The Labute approximate surface area is 273 Å². The first kappa shape index (κ1) is 38.0. The smallest absolute Gasteiger partial charge is 0.334 e. The molecule has 3 N–H and O–H groups in total. The van der Waals surface area contributed by atoms with Gasteiger partial charge < -0.3 is 29.6 Å². The average Bonchev–Trinajstić information content (AvgIpc) is 3.79. The highest BCUT2D eigenvalue weighted by molar-refractivity contribution is 5.90. The number of hydrogen-bond donors (Lipinski definition) is 3. The van der Waals surface area contributed by atoms with Crippen LogP contribution < -0.4 is 0 Å². The van der Waals surface area contributed by atoms with Gasteiger partial charge in [-0.3, -0.25) is 0 Å². The standard InChI is InChI=1S/C37H65NO7/c1-3-4-5-15-19-30(38-42)20-17-22-32(40)34-24-26-36(45-34)35-25-23-33(44-35)31(39)21-16-13-11-9-7-6-8-10-12-14-18-29-27-28(2)43-37(29)41/h27-28,31-36,39-40,42H,3-26H2,1-2H3/b38-30-/t28-,31+,32-,33+,34+,35+,36+/m0/s1. The lowest BCUT2D eigenvalue weighted by molar-refractivity contribution is -0.139. The number of ether oxygens (including phenoxy) is 3. The maximum Gasteiger partial charge on any atom is 0.334 e. The second kappa shape index (κ2) is 22.2. The highest BCUT2D eigenvalue weighted by Gasteiger charge is 2.40. The molecule has 0 spiro atoms. The van der Waals surface area contributed by atoms with Crippen molar-refractivity contribution in [2.75, 3.05) is 0 Å². The van der Waals surface area contributed by atoms with Crippen molar-refractivity contribution < 1.29 is 34.4 Å². The molecule has 3 aliphatic rings. The number of esters is 1. The van der Waals surface area contributed by atoms with Gasteiger partial charge in [-0.2, -0.15) is 0 Å². The third kappa shape index (κ3) is 14.4. The second-order valence-electron chi connectivity index (χ2n) is 14.0. The molecule has 8 nitrogen and oxygen atoms in total. The second-order valence-corrected chi connectivity index (χ2v) is 14.0.